The highest BCUT2D eigenvalue weighted by atomic mass is 16.5. The first-order valence-electron chi connectivity index (χ1n) is 9.68. The van der Waals surface area contributed by atoms with Crippen LogP contribution in [0.25, 0.3) is 11.0 Å². The van der Waals surface area contributed by atoms with Gasteiger partial charge in [0.05, 0.1) is 17.4 Å². The van der Waals surface area contributed by atoms with Gasteiger partial charge in [0.15, 0.2) is 0 Å². The third-order valence-electron chi connectivity index (χ3n) is 5.56. The number of carbonyl (C=O) groups is 4. The molecule has 8 heteroatoms. The van der Waals surface area contributed by atoms with Crippen molar-refractivity contribution in [3.63, 3.8) is 0 Å². The molecule has 2 atom stereocenters. The van der Waals surface area contributed by atoms with Crippen LogP contribution in [-0.2, 0) is 32.6 Å². The highest BCUT2D eigenvalue weighted by Gasteiger charge is 2.29. The second-order valence-electron chi connectivity index (χ2n) is 7.63. The summed E-state index contributed by atoms with van der Waals surface area (Å²) in [6.45, 7) is 3.49. The van der Waals surface area contributed by atoms with Crippen LogP contribution in [0.2, 0.25) is 0 Å². The number of cyclic esters (lactones) is 1. The predicted molar refractivity (Wildman–Crippen MR) is 104 cm³/mol. The van der Waals surface area contributed by atoms with Crippen molar-refractivity contribution in [1.29, 1.82) is 0 Å². The number of aryl methyl sites for hydroxylation is 2. The highest BCUT2D eigenvalue weighted by molar-refractivity contribution is 6.63. The Morgan fingerprint density at radius 2 is 1.79 bits per heavy atom. The number of nitrogens with zero attached hydrogens (tertiary/aromatic N) is 2. The molecule has 2 aromatic rings. The third-order valence-corrected chi connectivity index (χ3v) is 5.56. The number of aromatic hydroxyl groups is 1. The molecular formula is C21H24N2O6. The van der Waals surface area contributed by atoms with Crippen LogP contribution in [0.4, 0.5) is 0 Å². The van der Waals surface area contributed by atoms with E-state index in [9.17, 15) is 24.3 Å². The zero-order chi connectivity index (χ0) is 21.3. The lowest BCUT2D eigenvalue weighted by Crippen LogP contribution is -2.27. The van der Waals surface area contributed by atoms with Gasteiger partial charge in [-0.05, 0) is 37.7 Å². The van der Waals surface area contributed by atoms with Crippen molar-refractivity contribution in [2.45, 2.75) is 52.1 Å². The molecule has 1 aromatic heterocycles. The summed E-state index contributed by atoms with van der Waals surface area (Å²) in [5, 5.41) is 10.5. The van der Waals surface area contributed by atoms with Gasteiger partial charge in [0.1, 0.15) is 17.4 Å². The fraction of sp³-hybridized carbons (Fsp3) is 0.476. The Morgan fingerprint density at radius 3 is 2.52 bits per heavy atom. The first-order valence-corrected chi connectivity index (χ1v) is 9.68. The van der Waals surface area contributed by atoms with Crippen LogP contribution in [0, 0.1) is 5.92 Å². The number of esters is 1. The smallest absolute Gasteiger partial charge is 0.342 e. The summed E-state index contributed by atoms with van der Waals surface area (Å²) in [5.41, 5.74) is 1.66. The molecule has 29 heavy (non-hydrogen) atoms. The lowest BCUT2D eigenvalue weighted by atomic mass is 9.94. The van der Waals surface area contributed by atoms with Gasteiger partial charge in [-0.2, -0.15) is 0 Å². The van der Waals surface area contributed by atoms with Crippen molar-refractivity contribution < 1.29 is 29.0 Å². The molecule has 0 amide bonds. The summed E-state index contributed by atoms with van der Waals surface area (Å²) in [5.74, 6) is -3.51. The van der Waals surface area contributed by atoms with Crippen LogP contribution in [-0.4, -0.2) is 44.1 Å². The normalized spacial score (nSPS) is 22.3. The quantitative estimate of drug-likeness (QED) is 0.533. The molecule has 0 radical (unpaired) electrons. The summed E-state index contributed by atoms with van der Waals surface area (Å²) in [4.78, 5) is 53.4. The van der Waals surface area contributed by atoms with E-state index in [0.717, 1.165) is 0 Å². The molecule has 0 unspecified atom stereocenters. The van der Waals surface area contributed by atoms with Crippen molar-refractivity contribution in [2.75, 3.05) is 0 Å². The summed E-state index contributed by atoms with van der Waals surface area (Å²) >= 11 is 0. The first kappa shape index (κ1) is 20.7. The van der Waals surface area contributed by atoms with Gasteiger partial charge in [-0.15, -0.1) is 0 Å². The number of ketones is 3. The average Bonchev–Trinajstić information content (AvgIpc) is 3.04. The maximum Gasteiger partial charge on any atom is 0.342 e. The Hall–Kier alpha value is -3.03. The average molecular weight is 400 g/mol. The Kier molecular flexibility index (Phi) is 5.81. The van der Waals surface area contributed by atoms with E-state index in [-0.39, 0.29) is 42.9 Å². The summed E-state index contributed by atoms with van der Waals surface area (Å²) in [6.07, 6.45) is 1.61. The molecule has 0 saturated carbocycles. The van der Waals surface area contributed by atoms with E-state index >= 15 is 0 Å². The monoisotopic (exact) mass is 400 g/mol. The van der Waals surface area contributed by atoms with Gasteiger partial charge >= 0.3 is 5.97 Å². The molecule has 1 aliphatic rings. The number of ether oxygens (including phenoxy) is 1. The third kappa shape index (κ3) is 4.06. The largest absolute Gasteiger partial charge is 0.507 e. The number of hydrogen-bond donors (Lipinski definition) is 1. The minimum Gasteiger partial charge on any atom is -0.507 e. The number of phenolic OH excluding ortho intramolecular Hbond substituents is 1. The molecular weight excluding hydrogens is 376 g/mol. The molecule has 0 fully saturated rings. The van der Waals surface area contributed by atoms with Crippen molar-refractivity contribution >= 4 is 34.4 Å². The maximum atomic E-state index is 12.9. The SMILES string of the molecule is C[C@@H]1CCC(=O)C(=O)C(=O)CCCc2c(c(O)cc3c2ncn3C)C(=O)O[C@H]1C. The fourth-order valence-electron chi connectivity index (χ4n) is 3.53. The number of Topliss-reactive ketones (excluding diaryl/α,β-unsaturated/α-hetero) is 3. The molecule has 1 aliphatic heterocycles. The van der Waals surface area contributed by atoms with E-state index in [1.165, 1.54) is 6.07 Å². The van der Waals surface area contributed by atoms with Crippen LogP contribution in [0.1, 0.15) is 55.5 Å². The summed E-state index contributed by atoms with van der Waals surface area (Å²) < 4.78 is 7.27. The minimum absolute atomic E-state index is 0.0298. The van der Waals surface area contributed by atoms with E-state index in [0.29, 0.717) is 23.0 Å². The lowest BCUT2D eigenvalue weighted by molar-refractivity contribution is -0.144. The zero-order valence-corrected chi connectivity index (χ0v) is 16.7. The Labute approximate surface area is 167 Å². The number of rotatable bonds is 0. The predicted octanol–water partition coefficient (Wildman–Crippen LogP) is 2.28. The van der Waals surface area contributed by atoms with E-state index in [2.05, 4.69) is 4.98 Å². The number of carbonyl (C=O) groups excluding carboxylic acids is 4. The molecule has 154 valence electrons. The molecule has 0 aliphatic carbocycles. The van der Waals surface area contributed by atoms with Gasteiger partial charge in [0.2, 0.25) is 11.6 Å². The van der Waals surface area contributed by atoms with Crippen molar-refractivity contribution in [2.24, 2.45) is 13.0 Å². The Balaban J connectivity index is 2.06. The first-order chi connectivity index (χ1) is 13.7. The van der Waals surface area contributed by atoms with Gasteiger partial charge in [-0.1, -0.05) is 6.92 Å². The lowest BCUT2D eigenvalue weighted by Gasteiger charge is -2.21. The van der Waals surface area contributed by atoms with Gasteiger partial charge in [-0.3, -0.25) is 14.4 Å². The van der Waals surface area contributed by atoms with Crippen LogP contribution in [0.3, 0.4) is 0 Å². The van der Waals surface area contributed by atoms with Crippen molar-refractivity contribution in [3.8, 4) is 5.75 Å². The number of imidazole rings is 1. The number of hydrogen-bond acceptors (Lipinski definition) is 7. The van der Waals surface area contributed by atoms with Crippen LogP contribution in [0.15, 0.2) is 12.4 Å². The van der Waals surface area contributed by atoms with Gasteiger partial charge in [0, 0.05) is 26.0 Å². The van der Waals surface area contributed by atoms with Gasteiger partial charge in [-0.25, -0.2) is 9.78 Å². The molecule has 8 nitrogen and oxygen atoms in total. The number of fused-ring (bicyclic) bond motifs is 3. The van der Waals surface area contributed by atoms with E-state index < -0.39 is 29.4 Å². The Bertz CT molecular complexity index is 1010. The van der Waals surface area contributed by atoms with E-state index in [1.54, 1.807) is 31.8 Å². The molecule has 0 saturated heterocycles. The summed E-state index contributed by atoms with van der Waals surface area (Å²) in [7, 11) is 1.76. The fourth-order valence-corrected chi connectivity index (χ4v) is 3.53. The van der Waals surface area contributed by atoms with Gasteiger partial charge < -0.3 is 14.4 Å². The molecule has 0 bridgehead atoms. The van der Waals surface area contributed by atoms with Crippen LogP contribution in [0.5, 0.6) is 5.75 Å². The standard InChI is InChI=1S/C21H24N2O6/c1-11-7-8-16(25)20(27)15(24)6-4-5-13-18(21(28)29-12(11)2)17(26)9-14-19(13)22-10-23(14)3/h9-12,26H,4-8H2,1-3H3/t11-,12+/m1/s1. The second-order valence-corrected chi connectivity index (χ2v) is 7.63. The molecule has 1 aromatic carbocycles. The number of aromatic nitrogens is 2. The Morgan fingerprint density at radius 1 is 1.10 bits per heavy atom. The van der Waals surface area contributed by atoms with Crippen molar-refractivity contribution in [1.82, 2.24) is 9.55 Å². The highest BCUT2D eigenvalue weighted by Crippen LogP contribution is 2.32. The summed E-state index contributed by atoms with van der Waals surface area (Å²) in [6, 6.07) is 1.47. The topological polar surface area (TPSA) is 116 Å². The molecule has 0 spiro atoms. The minimum atomic E-state index is -0.974. The number of phenols is 1. The zero-order valence-electron chi connectivity index (χ0n) is 16.7. The van der Waals surface area contributed by atoms with Crippen LogP contribution >= 0.6 is 0 Å². The number of benzene rings is 1. The van der Waals surface area contributed by atoms with Gasteiger partial charge in [0.25, 0.3) is 5.78 Å². The van der Waals surface area contributed by atoms with E-state index in [1.807, 2.05) is 0 Å². The van der Waals surface area contributed by atoms with Crippen LogP contribution < -0.4 is 0 Å². The molecule has 1 N–H and O–H groups in total. The van der Waals surface area contributed by atoms with E-state index in [4.69, 9.17) is 4.74 Å². The second kappa shape index (κ2) is 8.14. The molecule has 3 rings (SSSR count). The molecule has 2 heterocycles. The maximum absolute atomic E-state index is 12.9. The van der Waals surface area contributed by atoms with Crippen molar-refractivity contribution in [3.05, 3.63) is 23.5 Å².